The average Bonchev–Trinajstić information content (AvgIpc) is 3.16. The van der Waals surface area contributed by atoms with E-state index in [0.717, 1.165) is 29.9 Å². The van der Waals surface area contributed by atoms with Crippen molar-refractivity contribution in [2.75, 3.05) is 20.6 Å². The quantitative estimate of drug-likeness (QED) is 0.316. The number of rotatable bonds is 4. The number of quaternary nitrogens is 1. The summed E-state index contributed by atoms with van der Waals surface area (Å²) < 4.78 is 55.8. The van der Waals surface area contributed by atoms with E-state index < -0.39 is 46.4 Å². The number of hydrogen-bond donors (Lipinski definition) is 2. The Bertz CT molecular complexity index is 1350. The summed E-state index contributed by atoms with van der Waals surface area (Å²) in [4.78, 5) is 25.6. The molecule has 7 nitrogen and oxygen atoms in total. The molecule has 1 amide bonds. The third-order valence-electron chi connectivity index (χ3n) is 9.98. The number of carbonyl (C=O) groups excluding carboxylic acids is 2. The smallest absolute Gasteiger partial charge is 0.421 e. The molecule has 10 heteroatoms. The van der Waals surface area contributed by atoms with Crippen LogP contribution in [-0.2, 0) is 19.1 Å². The molecule has 2 N–H and O–H groups in total. The molecule has 40 heavy (non-hydrogen) atoms. The second kappa shape index (κ2) is 8.94. The molecule has 2 heterocycles. The molecule has 2 bridgehead atoms. The molecule has 0 aromatic heterocycles. The van der Waals surface area contributed by atoms with Crippen molar-refractivity contribution in [2.45, 2.75) is 63.1 Å². The second-order valence-electron chi connectivity index (χ2n) is 12.4. The average molecular weight is 560 g/mol. The van der Waals surface area contributed by atoms with Gasteiger partial charge in [0.05, 0.1) is 32.8 Å². The number of nitrogens with one attached hydrogen (secondary N) is 1. The van der Waals surface area contributed by atoms with Gasteiger partial charge in [-0.1, -0.05) is 36.8 Å². The standard InChI is InChI=1S/C30H33F3N2O5/c1-17(36)39-23-16-24(37)29(34-27(38)21(30(31,32)33)14-18-8-5-4-6-9-18)26-19(23)15-22-20-10-7-11-25(40-29)28(20,26)12-13-35(22,2)3/h4-6,8-9,14,16,20,22,25-26H,7,10-13,15H2,1-3H3,(H-,34,37,38)/p+1/t20-,22+,25-,26?,28+,29?/m0/s1. The SMILES string of the molecule is CC(=O)OC1=C2C[C@@H]3[C@@H]4CCC[C@@H]5OC(NC(=O)C(=Cc6ccccc6)C(F)(F)F)(C(O)=C1)C2[C@@]54CC[N+]3(C)C. The first-order chi connectivity index (χ1) is 18.8. The number of ether oxygens (including phenoxy) is 2. The summed E-state index contributed by atoms with van der Waals surface area (Å²) in [5.74, 6) is -2.68. The van der Waals surface area contributed by atoms with E-state index in [2.05, 4.69) is 19.4 Å². The molecule has 214 valence electrons. The molecule has 2 saturated heterocycles. The summed E-state index contributed by atoms with van der Waals surface area (Å²) >= 11 is 0. The zero-order chi connectivity index (χ0) is 28.7. The third kappa shape index (κ3) is 3.86. The van der Waals surface area contributed by atoms with Gasteiger partial charge >= 0.3 is 12.1 Å². The lowest BCUT2D eigenvalue weighted by Gasteiger charge is -2.63. The zero-order valence-corrected chi connectivity index (χ0v) is 22.8. The van der Waals surface area contributed by atoms with E-state index in [0.29, 0.717) is 24.8 Å². The predicted octanol–water partition coefficient (Wildman–Crippen LogP) is 4.77. The Kier molecular flexibility index (Phi) is 6.06. The van der Waals surface area contributed by atoms with Crippen molar-refractivity contribution in [1.82, 2.24) is 5.32 Å². The van der Waals surface area contributed by atoms with E-state index in [1.165, 1.54) is 25.1 Å². The fraction of sp³-hybridized carbons (Fsp3) is 0.533. The maximum atomic E-state index is 14.3. The first kappa shape index (κ1) is 27.1. The molecule has 6 rings (SSSR count). The van der Waals surface area contributed by atoms with Crippen molar-refractivity contribution in [2.24, 2.45) is 17.3 Å². The van der Waals surface area contributed by atoms with Gasteiger partial charge < -0.3 is 24.4 Å². The van der Waals surface area contributed by atoms with Crippen molar-refractivity contribution >= 4 is 18.0 Å². The molecular formula is C30H34F3N2O5+. The molecule has 2 saturated carbocycles. The molecule has 2 aliphatic heterocycles. The summed E-state index contributed by atoms with van der Waals surface area (Å²) in [5.41, 5.74) is -2.88. The minimum Gasteiger partial charge on any atom is -0.507 e. The fourth-order valence-corrected chi connectivity index (χ4v) is 8.44. The number of nitrogens with zero attached hydrogens (tertiary/aromatic N) is 1. The number of amides is 1. The Hall–Kier alpha value is -3.11. The zero-order valence-electron chi connectivity index (χ0n) is 22.8. The predicted molar refractivity (Wildman–Crippen MR) is 139 cm³/mol. The van der Waals surface area contributed by atoms with Crippen LogP contribution < -0.4 is 5.32 Å². The molecule has 5 aliphatic rings. The number of hydrogen-bond acceptors (Lipinski definition) is 5. The largest absolute Gasteiger partial charge is 0.507 e. The highest BCUT2D eigenvalue weighted by atomic mass is 19.4. The first-order valence-electron chi connectivity index (χ1n) is 13.8. The minimum atomic E-state index is -4.96. The Balaban J connectivity index is 1.50. The van der Waals surface area contributed by atoms with Crippen LogP contribution in [0, 0.1) is 17.3 Å². The van der Waals surface area contributed by atoms with Crippen LogP contribution in [0.5, 0.6) is 0 Å². The van der Waals surface area contributed by atoms with Crippen molar-refractivity contribution < 1.29 is 41.8 Å². The van der Waals surface area contributed by atoms with Crippen LogP contribution in [-0.4, -0.2) is 66.2 Å². The number of likely N-dealkylation sites (tertiary alicyclic amines) is 1. The summed E-state index contributed by atoms with van der Waals surface area (Å²) in [7, 11) is 4.36. The lowest BCUT2D eigenvalue weighted by molar-refractivity contribution is -0.929. The molecule has 1 spiro atoms. The van der Waals surface area contributed by atoms with Crippen molar-refractivity contribution in [1.29, 1.82) is 0 Å². The Morgan fingerprint density at radius 1 is 1.20 bits per heavy atom. The number of carbonyl (C=O) groups is 2. The summed E-state index contributed by atoms with van der Waals surface area (Å²) in [6.45, 7) is 2.09. The van der Waals surface area contributed by atoms with E-state index in [1.54, 1.807) is 18.2 Å². The van der Waals surface area contributed by atoms with Gasteiger partial charge in [0, 0.05) is 43.1 Å². The number of benzene rings is 1. The Labute approximate surface area is 230 Å². The van der Waals surface area contributed by atoms with Crippen LogP contribution in [0.4, 0.5) is 13.2 Å². The van der Waals surface area contributed by atoms with Crippen LogP contribution in [0.3, 0.4) is 0 Å². The van der Waals surface area contributed by atoms with Crippen molar-refractivity contribution in [3.05, 3.63) is 64.6 Å². The minimum absolute atomic E-state index is 0.175. The first-order valence-corrected chi connectivity index (χ1v) is 13.8. The van der Waals surface area contributed by atoms with E-state index in [-0.39, 0.29) is 29.4 Å². The number of esters is 1. The molecular weight excluding hydrogens is 525 g/mol. The summed E-state index contributed by atoms with van der Waals surface area (Å²) in [6.07, 6.45) is 0.419. The van der Waals surface area contributed by atoms with E-state index in [9.17, 15) is 27.9 Å². The van der Waals surface area contributed by atoms with Gasteiger partial charge in [0.25, 0.3) is 5.91 Å². The maximum absolute atomic E-state index is 14.3. The summed E-state index contributed by atoms with van der Waals surface area (Å²) in [5, 5.41) is 14.1. The fourth-order valence-electron chi connectivity index (χ4n) is 8.44. The number of halogens is 3. The molecule has 2 unspecified atom stereocenters. The van der Waals surface area contributed by atoms with Crippen LogP contribution in [0.15, 0.2) is 59.1 Å². The van der Waals surface area contributed by atoms with Crippen molar-refractivity contribution in [3.8, 4) is 0 Å². The van der Waals surface area contributed by atoms with Crippen LogP contribution in [0.2, 0.25) is 0 Å². The van der Waals surface area contributed by atoms with Gasteiger partial charge in [-0.2, -0.15) is 13.2 Å². The van der Waals surface area contributed by atoms with Gasteiger partial charge in [-0.15, -0.1) is 0 Å². The normalized spacial score (nSPS) is 36.0. The molecule has 3 aliphatic carbocycles. The second-order valence-corrected chi connectivity index (χ2v) is 12.4. The maximum Gasteiger partial charge on any atom is 0.421 e. The molecule has 1 aromatic carbocycles. The van der Waals surface area contributed by atoms with Crippen LogP contribution >= 0.6 is 0 Å². The highest BCUT2D eigenvalue weighted by molar-refractivity contribution is 5.99. The van der Waals surface area contributed by atoms with Gasteiger partial charge in [-0.25, -0.2) is 0 Å². The van der Waals surface area contributed by atoms with E-state index >= 15 is 0 Å². The van der Waals surface area contributed by atoms with Crippen LogP contribution in [0.25, 0.3) is 6.08 Å². The highest BCUT2D eigenvalue weighted by Gasteiger charge is 2.77. The highest BCUT2D eigenvalue weighted by Crippen LogP contribution is 2.70. The van der Waals surface area contributed by atoms with Crippen molar-refractivity contribution in [3.63, 3.8) is 0 Å². The van der Waals surface area contributed by atoms with Gasteiger partial charge in [-0.05, 0) is 30.1 Å². The van der Waals surface area contributed by atoms with E-state index in [1.807, 2.05) is 0 Å². The van der Waals surface area contributed by atoms with Crippen LogP contribution in [0.1, 0.15) is 44.6 Å². The monoisotopic (exact) mass is 559 g/mol. The summed E-state index contributed by atoms with van der Waals surface area (Å²) in [6, 6.07) is 7.99. The molecule has 1 aromatic rings. The number of piperidine rings is 1. The van der Waals surface area contributed by atoms with E-state index in [4.69, 9.17) is 9.47 Å². The molecule has 4 fully saturated rings. The van der Waals surface area contributed by atoms with Gasteiger partial charge in [0.15, 0.2) is 0 Å². The lowest BCUT2D eigenvalue weighted by atomic mass is 9.46. The number of allylic oxidation sites excluding steroid dienone is 1. The van der Waals surface area contributed by atoms with Gasteiger partial charge in [0.1, 0.15) is 17.1 Å². The molecule has 0 radical (unpaired) electrons. The molecule has 6 atom stereocenters. The number of aliphatic hydroxyl groups is 1. The number of alkyl halides is 3. The number of aliphatic hydroxyl groups excluding tert-OH is 1. The van der Waals surface area contributed by atoms with Gasteiger partial charge in [0.2, 0.25) is 5.72 Å². The lowest BCUT2D eigenvalue weighted by Crippen LogP contribution is -2.71. The topological polar surface area (TPSA) is 84.9 Å². The third-order valence-corrected chi connectivity index (χ3v) is 9.98. The Morgan fingerprint density at radius 3 is 2.60 bits per heavy atom. The van der Waals surface area contributed by atoms with Gasteiger partial charge in [-0.3, -0.25) is 9.59 Å². The Morgan fingerprint density at radius 2 is 1.93 bits per heavy atom.